The van der Waals surface area contributed by atoms with E-state index in [1.165, 1.54) is 11.1 Å². The minimum Gasteiger partial charge on any atom is -0.352 e. The van der Waals surface area contributed by atoms with Gasteiger partial charge in [0.15, 0.2) is 5.96 Å². The molecule has 0 bridgehead atoms. The lowest BCUT2D eigenvalue weighted by Crippen LogP contribution is -2.36. The Balaban J connectivity index is 0.00000392. The monoisotopic (exact) mass is 494 g/mol. The molecule has 0 saturated heterocycles. The Kier molecular flexibility index (Phi) is 10.6. The molecule has 1 atom stereocenters. The van der Waals surface area contributed by atoms with E-state index in [0.29, 0.717) is 18.7 Å². The summed E-state index contributed by atoms with van der Waals surface area (Å²) in [7, 11) is 1.75. The Hall–Kier alpha value is -2.09. The highest BCUT2D eigenvalue weighted by atomic mass is 127. The third-order valence-corrected chi connectivity index (χ3v) is 4.41. The molecule has 0 radical (unpaired) electrons. The van der Waals surface area contributed by atoms with Crippen LogP contribution in [-0.2, 0) is 13.1 Å². The van der Waals surface area contributed by atoms with E-state index >= 15 is 0 Å². The highest BCUT2D eigenvalue weighted by molar-refractivity contribution is 14.0. The molecule has 3 N–H and O–H groups in total. The summed E-state index contributed by atoms with van der Waals surface area (Å²) in [6, 6.07) is 16.2. The molecule has 6 heteroatoms. The molecule has 0 spiro atoms. The van der Waals surface area contributed by atoms with Crippen LogP contribution in [0.2, 0.25) is 0 Å². The lowest BCUT2D eigenvalue weighted by Gasteiger charge is -2.14. The number of hydrogen-bond donors (Lipinski definition) is 3. The van der Waals surface area contributed by atoms with Gasteiger partial charge in [0.2, 0.25) is 0 Å². The van der Waals surface area contributed by atoms with Crippen LogP contribution in [0.3, 0.4) is 0 Å². The van der Waals surface area contributed by atoms with Crippen molar-refractivity contribution in [3.8, 4) is 0 Å². The molecule has 0 aliphatic carbocycles. The average Bonchev–Trinajstić information content (AvgIpc) is 2.68. The lowest BCUT2D eigenvalue weighted by molar-refractivity contribution is 0.0939. The van der Waals surface area contributed by atoms with E-state index in [9.17, 15) is 4.79 Å². The second-order valence-corrected chi connectivity index (χ2v) is 6.75. The average molecular weight is 494 g/mol. The second-order valence-electron chi connectivity index (χ2n) is 6.75. The molecule has 0 fully saturated rings. The van der Waals surface area contributed by atoms with Crippen molar-refractivity contribution >= 4 is 35.8 Å². The standard InChI is InChI=1S/C22H30N4O.HI/c1-5-17(3)26-21(27)20-11-7-10-19(13-20)15-25-22(23-4)24-14-18-9-6-8-16(2)12-18;/h6-13,17H,5,14-15H2,1-4H3,(H,26,27)(H2,23,24,25);1H. The quantitative estimate of drug-likeness (QED) is 0.310. The van der Waals surface area contributed by atoms with Gasteiger partial charge in [0.1, 0.15) is 0 Å². The molecule has 0 aliphatic heterocycles. The molecule has 28 heavy (non-hydrogen) atoms. The lowest BCUT2D eigenvalue weighted by atomic mass is 10.1. The van der Waals surface area contributed by atoms with Gasteiger partial charge in [0.25, 0.3) is 5.91 Å². The first-order valence-corrected chi connectivity index (χ1v) is 9.41. The summed E-state index contributed by atoms with van der Waals surface area (Å²) in [5, 5.41) is 9.61. The van der Waals surface area contributed by atoms with Crippen LogP contribution in [0.15, 0.2) is 53.5 Å². The molecule has 0 aromatic heterocycles. The molecule has 2 aromatic carbocycles. The van der Waals surface area contributed by atoms with Crippen molar-refractivity contribution in [3.63, 3.8) is 0 Å². The summed E-state index contributed by atoms with van der Waals surface area (Å²) in [5.74, 6) is 0.694. The Bertz CT molecular complexity index is 792. The van der Waals surface area contributed by atoms with Crippen molar-refractivity contribution in [1.82, 2.24) is 16.0 Å². The fraction of sp³-hybridized carbons (Fsp3) is 0.364. The zero-order valence-corrected chi connectivity index (χ0v) is 19.4. The van der Waals surface area contributed by atoms with Gasteiger partial charge in [-0.2, -0.15) is 0 Å². The number of nitrogens with zero attached hydrogens (tertiary/aromatic N) is 1. The highest BCUT2D eigenvalue weighted by Gasteiger charge is 2.09. The van der Waals surface area contributed by atoms with Crippen molar-refractivity contribution in [3.05, 3.63) is 70.8 Å². The molecule has 0 heterocycles. The second kappa shape index (κ2) is 12.4. The Morgan fingerprint density at radius 1 is 1.04 bits per heavy atom. The van der Waals surface area contributed by atoms with Crippen LogP contribution in [-0.4, -0.2) is 25.0 Å². The number of guanidine groups is 1. The molecule has 5 nitrogen and oxygen atoms in total. The van der Waals surface area contributed by atoms with E-state index in [1.54, 1.807) is 7.05 Å². The number of nitrogens with one attached hydrogen (secondary N) is 3. The first kappa shape index (κ1) is 23.9. The van der Waals surface area contributed by atoms with Crippen LogP contribution in [0.4, 0.5) is 0 Å². The SMILES string of the molecule is CCC(C)NC(=O)c1cccc(CNC(=NC)NCc2cccc(C)c2)c1.I. The third kappa shape index (κ3) is 7.88. The molecule has 1 unspecified atom stereocenters. The van der Waals surface area contributed by atoms with Crippen molar-refractivity contribution in [2.24, 2.45) is 4.99 Å². The van der Waals surface area contributed by atoms with Gasteiger partial charge in [0.05, 0.1) is 0 Å². The summed E-state index contributed by atoms with van der Waals surface area (Å²) < 4.78 is 0. The van der Waals surface area contributed by atoms with Gasteiger partial charge in [0, 0.05) is 31.7 Å². The summed E-state index contributed by atoms with van der Waals surface area (Å²) in [6.45, 7) is 7.45. The molecule has 152 valence electrons. The van der Waals surface area contributed by atoms with Crippen LogP contribution in [0.25, 0.3) is 0 Å². The number of carbonyl (C=O) groups excluding carboxylic acids is 1. The number of amides is 1. The Morgan fingerprint density at radius 3 is 2.21 bits per heavy atom. The number of carbonyl (C=O) groups is 1. The minimum atomic E-state index is -0.0341. The maximum absolute atomic E-state index is 12.3. The fourth-order valence-corrected chi connectivity index (χ4v) is 2.65. The van der Waals surface area contributed by atoms with E-state index in [4.69, 9.17) is 0 Å². The largest absolute Gasteiger partial charge is 0.352 e. The van der Waals surface area contributed by atoms with Crippen molar-refractivity contribution < 1.29 is 4.79 Å². The highest BCUT2D eigenvalue weighted by Crippen LogP contribution is 2.07. The fourth-order valence-electron chi connectivity index (χ4n) is 2.65. The zero-order chi connectivity index (χ0) is 19.6. The number of rotatable bonds is 7. The molecule has 1 amide bonds. The van der Waals surface area contributed by atoms with Crippen LogP contribution >= 0.6 is 24.0 Å². The number of aliphatic imine (C=N–C) groups is 1. The maximum atomic E-state index is 12.3. The Labute approximate surface area is 185 Å². The van der Waals surface area contributed by atoms with Crippen LogP contribution in [0, 0.1) is 6.92 Å². The third-order valence-electron chi connectivity index (χ3n) is 4.41. The predicted octanol–water partition coefficient (Wildman–Crippen LogP) is 4.01. The summed E-state index contributed by atoms with van der Waals surface area (Å²) in [5.41, 5.74) is 4.16. The number of benzene rings is 2. The topological polar surface area (TPSA) is 65.5 Å². The minimum absolute atomic E-state index is 0. The molecule has 2 rings (SSSR count). The van der Waals surface area contributed by atoms with E-state index < -0.39 is 0 Å². The summed E-state index contributed by atoms with van der Waals surface area (Å²) in [4.78, 5) is 16.5. The van der Waals surface area contributed by atoms with E-state index in [0.717, 1.165) is 17.9 Å². The molecular formula is C22H31IN4O. The van der Waals surface area contributed by atoms with Gasteiger partial charge in [-0.05, 0) is 43.5 Å². The maximum Gasteiger partial charge on any atom is 0.251 e. The first-order valence-electron chi connectivity index (χ1n) is 9.41. The zero-order valence-electron chi connectivity index (χ0n) is 17.1. The van der Waals surface area contributed by atoms with Crippen molar-refractivity contribution in [2.45, 2.75) is 46.3 Å². The van der Waals surface area contributed by atoms with Gasteiger partial charge < -0.3 is 16.0 Å². The van der Waals surface area contributed by atoms with Crippen molar-refractivity contribution in [2.75, 3.05) is 7.05 Å². The first-order chi connectivity index (χ1) is 13.0. The van der Waals surface area contributed by atoms with Gasteiger partial charge in [-0.1, -0.05) is 48.9 Å². The summed E-state index contributed by atoms with van der Waals surface area (Å²) >= 11 is 0. The van der Waals surface area contributed by atoms with Gasteiger partial charge in [-0.25, -0.2) is 0 Å². The predicted molar refractivity (Wildman–Crippen MR) is 127 cm³/mol. The van der Waals surface area contributed by atoms with Crippen molar-refractivity contribution in [1.29, 1.82) is 0 Å². The number of hydrogen-bond acceptors (Lipinski definition) is 2. The van der Waals surface area contributed by atoms with Gasteiger partial charge in [-0.3, -0.25) is 9.79 Å². The smallest absolute Gasteiger partial charge is 0.251 e. The van der Waals surface area contributed by atoms with Crippen LogP contribution in [0.5, 0.6) is 0 Å². The van der Waals surface area contributed by atoms with E-state index in [1.807, 2.05) is 31.2 Å². The van der Waals surface area contributed by atoms with Crippen LogP contribution in [0.1, 0.15) is 47.3 Å². The molecular weight excluding hydrogens is 463 g/mol. The van der Waals surface area contributed by atoms with Gasteiger partial charge >= 0.3 is 0 Å². The molecule has 2 aromatic rings. The van der Waals surface area contributed by atoms with Crippen LogP contribution < -0.4 is 16.0 Å². The summed E-state index contributed by atoms with van der Waals surface area (Å²) in [6.07, 6.45) is 0.913. The molecule has 0 saturated carbocycles. The molecule has 0 aliphatic rings. The number of halogens is 1. The van der Waals surface area contributed by atoms with E-state index in [2.05, 4.69) is 59.1 Å². The van der Waals surface area contributed by atoms with E-state index in [-0.39, 0.29) is 35.9 Å². The Morgan fingerprint density at radius 2 is 1.64 bits per heavy atom. The normalized spacial score (nSPS) is 11.9. The number of aryl methyl sites for hydroxylation is 1. The van der Waals surface area contributed by atoms with Gasteiger partial charge in [-0.15, -0.1) is 24.0 Å².